The normalized spacial score (nSPS) is 11.1. The van der Waals surface area contributed by atoms with Gasteiger partial charge in [0.25, 0.3) is 15.0 Å². The Labute approximate surface area is 100 Å². The molecular formula is C8H7BrClNO3S. The molecule has 0 aliphatic carbocycles. The van der Waals surface area contributed by atoms with E-state index in [1.807, 2.05) is 0 Å². The van der Waals surface area contributed by atoms with Crippen molar-refractivity contribution in [2.45, 2.75) is 4.90 Å². The number of halogens is 2. The van der Waals surface area contributed by atoms with Gasteiger partial charge in [-0.25, -0.2) is 8.42 Å². The van der Waals surface area contributed by atoms with Crippen molar-refractivity contribution in [2.75, 3.05) is 7.05 Å². The molecular weight excluding hydrogens is 306 g/mol. The van der Waals surface area contributed by atoms with Crippen molar-refractivity contribution < 1.29 is 13.2 Å². The van der Waals surface area contributed by atoms with E-state index in [0.717, 1.165) is 0 Å². The zero-order valence-corrected chi connectivity index (χ0v) is 10.8. The highest BCUT2D eigenvalue weighted by molar-refractivity contribution is 9.10. The van der Waals surface area contributed by atoms with E-state index in [4.69, 9.17) is 10.7 Å². The number of carbonyl (C=O) groups excluding carboxylic acids is 1. The minimum Gasteiger partial charge on any atom is -0.355 e. The second-order valence-electron chi connectivity index (χ2n) is 2.69. The van der Waals surface area contributed by atoms with E-state index >= 15 is 0 Å². The summed E-state index contributed by atoms with van der Waals surface area (Å²) in [6, 6.07) is 4.05. The van der Waals surface area contributed by atoms with Gasteiger partial charge in [0.05, 0.1) is 4.90 Å². The lowest BCUT2D eigenvalue weighted by atomic mass is 10.2. The molecule has 82 valence electrons. The zero-order valence-electron chi connectivity index (χ0n) is 7.62. The Kier molecular flexibility index (Phi) is 3.75. The van der Waals surface area contributed by atoms with Gasteiger partial charge in [-0.05, 0) is 18.2 Å². The molecule has 0 aromatic heterocycles. The van der Waals surface area contributed by atoms with E-state index in [-0.39, 0.29) is 16.4 Å². The van der Waals surface area contributed by atoms with Crippen LogP contribution >= 0.6 is 26.6 Å². The minimum atomic E-state index is -3.83. The molecule has 0 aliphatic rings. The number of benzene rings is 1. The molecule has 1 aromatic carbocycles. The molecule has 0 aliphatic heterocycles. The lowest BCUT2D eigenvalue weighted by Gasteiger charge is -2.03. The van der Waals surface area contributed by atoms with Crippen molar-refractivity contribution in [1.29, 1.82) is 0 Å². The van der Waals surface area contributed by atoms with Crippen LogP contribution in [0.3, 0.4) is 0 Å². The molecule has 4 nitrogen and oxygen atoms in total. The average Bonchev–Trinajstić information content (AvgIpc) is 2.14. The molecule has 1 aromatic rings. The molecule has 0 fully saturated rings. The highest BCUT2D eigenvalue weighted by Gasteiger charge is 2.14. The largest absolute Gasteiger partial charge is 0.355 e. The van der Waals surface area contributed by atoms with Gasteiger partial charge in [0, 0.05) is 27.8 Å². The van der Waals surface area contributed by atoms with Crippen LogP contribution in [-0.2, 0) is 9.05 Å². The van der Waals surface area contributed by atoms with Crippen molar-refractivity contribution in [3.05, 3.63) is 28.2 Å². The Balaban J connectivity index is 3.35. The maximum Gasteiger partial charge on any atom is 0.261 e. The van der Waals surface area contributed by atoms with Crippen molar-refractivity contribution in [3.8, 4) is 0 Å². The summed E-state index contributed by atoms with van der Waals surface area (Å²) in [6.07, 6.45) is 0. The summed E-state index contributed by atoms with van der Waals surface area (Å²) in [5, 5.41) is 2.39. The number of amides is 1. The van der Waals surface area contributed by atoms with Crippen LogP contribution in [0.2, 0.25) is 0 Å². The molecule has 7 heteroatoms. The van der Waals surface area contributed by atoms with Crippen LogP contribution in [0.5, 0.6) is 0 Å². The molecule has 0 saturated heterocycles. The van der Waals surface area contributed by atoms with Crippen molar-refractivity contribution in [2.24, 2.45) is 0 Å². The SMILES string of the molecule is CNC(=O)c1cc(Br)cc(S(=O)(=O)Cl)c1. The van der Waals surface area contributed by atoms with Crippen LogP contribution in [0.25, 0.3) is 0 Å². The number of hydrogen-bond acceptors (Lipinski definition) is 3. The Hall–Kier alpha value is -0.590. The van der Waals surface area contributed by atoms with E-state index in [1.165, 1.54) is 25.2 Å². The lowest BCUT2D eigenvalue weighted by Crippen LogP contribution is -2.18. The predicted octanol–water partition coefficient (Wildman–Crippen LogP) is 1.74. The van der Waals surface area contributed by atoms with Gasteiger partial charge in [-0.15, -0.1) is 0 Å². The van der Waals surface area contributed by atoms with Gasteiger partial charge < -0.3 is 5.32 Å². The van der Waals surface area contributed by atoms with Crippen LogP contribution in [0.1, 0.15) is 10.4 Å². The van der Waals surface area contributed by atoms with Crippen LogP contribution < -0.4 is 5.32 Å². The molecule has 0 heterocycles. The minimum absolute atomic E-state index is 0.114. The lowest BCUT2D eigenvalue weighted by molar-refractivity contribution is 0.0963. The van der Waals surface area contributed by atoms with Crippen molar-refractivity contribution in [1.82, 2.24) is 5.32 Å². The molecule has 0 bridgehead atoms. The van der Waals surface area contributed by atoms with Gasteiger partial charge in [-0.1, -0.05) is 15.9 Å². The molecule has 15 heavy (non-hydrogen) atoms. The summed E-state index contributed by atoms with van der Waals surface area (Å²) < 4.78 is 22.6. The van der Waals surface area contributed by atoms with Crippen molar-refractivity contribution in [3.63, 3.8) is 0 Å². The number of nitrogens with one attached hydrogen (secondary N) is 1. The summed E-state index contributed by atoms with van der Waals surface area (Å²) in [7, 11) is 2.80. The van der Waals surface area contributed by atoms with Crippen LogP contribution in [-0.4, -0.2) is 21.4 Å². The van der Waals surface area contributed by atoms with E-state index < -0.39 is 9.05 Å². The third kappa shape index (κ3) is 3.19. The first-order chi connectivity index (χ1) is 6.84. The third-order valence-corrected chi connectivity index (χ3v) is 3.43. The Morgan fingerprint density at radius 2 is 2.00 bits per heavy atom. The van der Waals surface area contributed by atoms with Gasteiger partial charge >= 0.3 is 0 Å². The number of rotatable bonds is 2. The summed E-state index contributed by atoms with van der Waals surface area (Å²) >= 11 is 3.10. The summed E-state index contributed by atoms with van der Waals surface area (Å²) in [5.41, 5.74) is 0.228. The van der Waals surface area contributed by atoms with E-state index in [2.05, 4.69) is 21.2 Å². The second kappa shape index (κ2) is 4.51. The molecule has 0 radical (unpaired) electrons. The fraction of sp³-hybridized carbons (Fsp3) is 0.125. The highest BCUT2D eigenvalue weighted by atomic mass is 79.9. The maximum atomic E-state index is 11.3. The van der Waals surface area contributed by atoms with Gasteiger partial charge in [-0.2, -0.15) is 0 Å². The first-order valence-corrected chi connectivity index (χ1v) is 6.92. The molecule has 0 saturated carbocycles. The topological polar surface area (TPSA) is 63.2 Å². The zero-order chi connectivity index (χ0) is 11.6. The van der Waals surface area contributed by atoms with Crippen molar-refractivity contribution >= 4 is 41.6 Å². The number of hydrogen-bond donors (Lipinski definition) is 1. The predicted molar refractivity (Wildman–Crippen MR) is 60.6 cm³/mol. The van der Waals surface area contributed by atoms with Crippen LogP contribution in [0.4, 0.5) is 0 Å². The molecule has 1 N–H and O–H groups in total. The summed E-state index contributed by atoms with van der Waals surface area (Å²) in [5.74, 6) is -0.377. The first-order valence-electron chi connectivity index (χ1n) is 3.82. The van der Waals surface area contributed by atoms with Crippen LogP contribution in [0.15, 0.2) is 27.6 Å². The van der Waals surface area contributed by atoms with E-state index in [1.54, 1.807) is 0 Å². The standard InChI is InChI=1S/C8H7BrClNO3S/c1-11-8(12)5-2-6(9)4-7(3-5)15(10,13)14/h2-4H,1H3,(H,11,12). The highest BCUT2D eigenvalue weighted by Crippen LogP contribution is 2.22. The van der Waals surface area contributed by atoms with Crippen LogP contribution in [0, 0.1) is 0 Å². The molecule has 0 unspecified atom stereocenters. The maximum absolute atomic E-state index is 11.3. The fourth-order valence-corrected chi connectivity index (χ4v) is 2.43. The van der Waals surface area contributed by atoms with Gasteiger partial charge in [-0.3, -0.25) is 4.79 Å². The quantitative estimate of drug-likeness (QED) is 0.846. The number of carbonyl (C=O) groups is 1. The second-order valence-corrected chi connectivity index (χ2v) is 6.17. The van der Waals surface area contributed by atoms with E-state index in [0.29, 0.717) is 4.47 Å². The average molecular weight is 313 g/mol. The molecule has 1 rings (SSSR count). The molecule has 1 amide bonds. The van der Waals surface area contributed by atoms with E-state index in [9.17, 15) is 13.2 Å². The third-order valence-electron chi connectivity index (χ3n) is 1.64. The van der Waals surface area contributed by atoms with Gasteiger partial charge in [0.1, 0.15) is 0 Å². The summed E-state index contributed by atoms with van der Waals surface area (Å²) in [4.78, 5) is 11.2. The smallest absolute Gasteiger partial charge is 0.261 e. The Morgan fingerprint density at radius 3 is 2.47 bits per heavy atom. The van der Waals surface area contributed by atoms with Gasteiger partial charge in [0.15, 0.2) is 0 Å². The Morgan fingerprint density at radius 1 is 1.40 bits per heavy atom. The monoisotopic (exact) mass is 311 g/mol. The van der Waals surface area contributed by atoms with Gasteiger partial charge in [0.2, 0.25) is 0 Å². The Bertz CT molecular complexity index is 501. The molecule has 0 spiro atoms. The molecule has 0 atom stereocenters. The fourth-order valence-electron chi connectivity index (χ4n) is 0.979. The first kappa shape index (κ1) is 12.5. The summed E-state index contributed by atoms with van der Waals surface area (Å²) in [6.45, 7) is 0.